The van der Waals surface area contributed by atoms with Gasteiger partial charge in [0.1, 0.15) is 11.6 Å². The van der Waals surface area contributed by atoms with Crippen LogP contribution in [-0.4, -0.2) is 55.3 Å². The predicted octanol–water partition coefficient (Wildman–Crippen LogP) is 0.593. The number of halogens is 1. The van der Waals surface area contributed by atoms with Crippen LogP contribution in [0.3, 0.4) is 0 Å². The van der Waals surface area contributed by atoms with Crippen molar-refractivity contribution >= 4 is 5.91 Å². The molecule has 2 rings (SSSR count). The molecule has 0 spiro atoms. The van der Waals surface area contributed by atoms with Crippen molar-refractivity contribution in [1.82, 2.24) is 10.2 Å². The first-order valence-corrected chi connectivity index (χ1v) is 6.23. The molecule has 0 radical (unpaired) electrons. The number of carbonyl (C=O) groups is 1. The number of hydrogen-bond donors (Lipinski definition) is 2. The number of benzene rings is 1. The van der Waals surface area contributed by atoms with Gasteiger partial charge in [0, 0.05) is 26.2 Å². The number of nitrogens with one attached hydrogen (secondary N) is 1. The van der Waals surface area contributed by atoms with Crippen molar-refractivity contribution in [1.29, 1.82) is 0 Å². The average molecular weight is 268 g/mol. The maximum absolute atomic E-state index is 13.0. The van der Waals surface area contributed by atoms with E-state index in [1.54, 1.807) is 0 Å². The lowest BCUT2D eigenvalue weighted by Crippen LogP contribution is -2.41. The molecule has 0 atom stereocenters. The van der Waals surface area contributed by atoms with E-state index in [1.807, 2.05) is 0 Å². The minimum absolute atomic E-state index is 0.0398. The van der Waals surface area contributed by atoms with Crippen molar-refractivity contribution < 1.29 is 19.0 Å². The fourth-order valence-electron chi connectivity index (χ4n) is 1.94. The van der Waals surface area contributed by atoms with Crippen LogP contribution in [0.25, 0.3) is 0 Å². The Bertz CT molecular complexity index is 448. The van der Waals surface area contributed by atoms with Crippen molar-refractivity contribution in [2.45, 2.75) is 0 Å². The summed E-state index contributed by atoms with van der Waals surface area (Å²) in [4.78, 5) is 14.0. The van der Waals surface area contributed by atoms with Crippen molar-refractivity contribution in [2.75, 3.05) is 39.4 Å². The number of nitrogens with zero attached hydrogens (tertiary/aromatic N) is 1. The molecule has 0 bridgehead atoms. The smallest absolute Gasteiger partial charge is 0.255 e. The van der Waals surface area contributed by atoms with Gasteiger partial charge in [0.25, 0.3) is 5.91 Å². The molecule has 1 heterocycles. The highest BCUT2D eigenvalue weighted by molar-refractivity contribution is 5.96. The SMILES string of the molecule is O=C(NCCN1CCOCC1)c1cc(F)ccc1O. The van der Waals surface area contributed by atoms with Crippen molar-refractivity contribution in [3.63, 3.8) is 0 Å². The van der Waals surface area contributed by atoms with Gasteiger partial charge < -0.3 is 15.2 Å². The van der Waals surface area contributed by atoms with Crippen molar-refractivity contribution in [3.8, 4) is 5.75 Å². The molecule has 6 heteroatoms. The number of rotatable bonds is 4. The molecule has 19 heavy (non-hydrogen) atoms. The molecule has 0 aromatic heterocycles. The highest BCUT2D eigenvalue weighted by Crippen LogP contribution is 2.17. The average Bonchev–Trinajstić information content (AvgIpc) is 2.42. The lowest BCUT2D eigenvalue weighted by Gasteiger charge is -2.26. The molecule has 0 saturated carbocycles. The molecule has 1 amide bonds. The summed E-state index contributed by atoms with van der Waals surface area (Å²) in [6.45, 7) is 4.28. The third-order valence-corrected chi connectivity index (χ3v) is 3.02. The second kappa shape index (κ2) is 6.49. The molecule has 5 nitrogen and oxygen atoms in total. The van der Waals surface area contributed by atoms with Crippen molar-refractivity contribution in [3.05, 3.63) is 29.6 Å². The van der Waals surface area contributed by atoms with Crippen LogP contribution in [0.5, 0.6) is 5.75 Å². The zero-order valence-corrected chi connectivity index (χ0v) is 10.6. The van der Waals surface area contributed by atoms with E-state index in [-0.39, 0.29) is 11.3 Å². The monoisotopic (exact) mass is 268 g/mol. The minimum atomic E-state index is -0.545. The molecular weight excluding hydrogens is 251 g/mol. The molecule has 1 saturated heterocycles. The van der Waals surface area contributed by atoms with Crippen LogP contribution in [0.1, 0.15) is 10.4 Å². The summed E-state index contributed by atoms with van der Waals surface area (Å²) in [5, 5.41) is 12.2. The standard InChI is InChI=1S/C13H17FN2O3/c14-10-1-2-12(17)11(9-10)13(18)15-3-4-16-5-7-19-8-6-16/h1-2,9,17H,3-8H2,(H,15,18). The van der Waals surface area contributed by atoms with Crippen LogP contribution in [0, 0.1) is 5.82 Å². The highest BCUT2D eigenvalue weighted by Gasteiger charge is 2.13. The third kappa shape index (κ3) is 3.90. The fourth-order valence-corrected chi connectivity index (χ4v) is 1.94. The second-order valence-electron chi connectivity index (χ2n) is 4.37. The van der Waals surface area contributed by atoms with Crippen LogP contribution in [-0.2, 0) is 4.74 Å². The Kier molecular flexibility index (Phi) is 4.70. The summed E-state index contributed by atoms with van der Waals surface area (Å²) >= 11 is 0. The van der Waals surface area contributed by atoms with Gasteiger partial charge in [-0.05, 0) is 18.2 Å². The largest absolute Gasteiger partial charge is 0.507 e. The van der Waals surface area contributed by atoms with Gasteiger partial charge in [0.2, 0.25) is 0 Å². The topological polar surface area (TPSA) is 61.8 Å². The number of amides is 1. The Labute approximate surface area is 111 Å². The van der Waals surface area contributed by atoms with Crippen LogP contribution in [0.15, 0.2) is 18.2 Å². The van der Waals surface area contributed by atoms with E-state index in [2.05, 4.69) is 10.2 Å². The zero-order valence-electron chi connectivity index (χ0n) is 10.6. The minimum Gasteiger partial charge on any atom is -0.507 e. The molecule has 0 unspecified atom stereocenters. The third-order valence-electron chi connectivity index (χ3n) is 3.02. The van der Waals surface area contributed by atoms with Gasteiger partial charge in [-0.1, -0.05) is 0 Å². The molecule has 1 aromatic rings. The Morgan fingerprint density at radius 3 is 2.89 bits per heavy atom. The maximum atomic E-state index is 13.0. The van der Waals surface area contributed by atoms with Crippen LogP contribution in [0.4, 0.5) is 4.39 Å². The van der Waals surface area contributed by atoms with Crippen LogP contribution >= 0.6 is 0 Å². The van der Waals surface area contributed by atoms with E-state index in [1.165, 1.54) is 6.07 Å². The summed E-state index contributed by atoms with van der Waals surface area (Å²) in [5.74, 6) is -1.23. The number of phenols is 1. The van der Waals surface area contributed by atoms with Gasteiger partial charge in [0.15, 0.2) is 0 Å². The Balaban J connectivity index is 1.82. The first-order valence-electron chi connectivity index (χ1n) is 6.23. The Hall–Kier alpha value is -1.66. The molecule has 1 aliphatic heterocycles. The molecule has 1 fully saturated rings. The summed E-state index contributed by atoms with van der Waals surface area (Å²) in [6, 6.07) is 3.31. The van der Waals surface area contributed by atoms with Crippen LogP contribution < -0.4 is 5.32 Å². The number of aromatic hydroxyl groups is 1. The van der Waals surface area contributed by atoms with Gasteiger partial charge in [-0.25, -0.2) is 4.39 Å². The van der Waals surface area contributed by atoms with E-state index >= 15 is 0 Å². The van der Waals surface area contributed by atoms with Gasteiger partial charge in [-0.3, -0.25) is 9.69 Å². The Morgan fingerprint density at radius 1 is 1.42 bits per heavy atom. The summed E-state index contributed by atoms with van der Waals surface area (Å²) in [5.41, 5.74) is -0.0398. The van der Waals surface area contributed by atoms with Crippen molar-refractivity contribution in [2.24, 2.45) is 0 Å². The highest BCUT2D eigenvalue weighted by atomic mass is 19.1. The predicted molar refractivity (Wildman–Crippen MR) is 67.7 cm³/mol. The van der Waals surface area contributed by atoms with Crippen LogP contribution in [0.2, 0.25) is 0 Å². The van der Waals surface area contributed by atoms with E-state index in [4.69, 9.17) is 4.74 Å². The van der Waals surface area contributed by atoms with Gasteiger partial charge in [-0.15, -0.1) is 0 Å². The number of carbonyl (C=O) groups excluding carboxylic acids is 1. The quantitative estimate of drug-likeness (QED) is 0.839. The lowest BCUT2D eigenvalue weighted by atomic mass is 10.2. The summed E-state index contributed by atoms with van der Waals surface area (Å²) in [6.07, 6.45) is 0. The number of phenolic OH excluding ortho intramolecular Hbond substituents is 1. The molecular formula is C13H17FN2O3. The first kappa shape index (κ1) is 13.8. The summed E-state index contributed by atoms with van der Waals surface area (Å²) < 4.78 is 18.2. The Morgan fingerprint density at radius 2 is 2.16 bits per heavy atom. The molecule has 104 valence electrons. The van der Waals surface area contributed by atoms with E-state index < -0.39 is 11.7 Å². The number of hydrogen-bond acceptors (Lipinski definition) is 4. The van der Waals surface area contributed by atoms with Gasteiger partial charge in [-0.2, -0.15) is 0 Å². The normalized spacial score (nSPS) is 16.3. The zero-order chi connectivity index (χ0) is 13.7. The molecule has 0 aliphatic carbocycles. The first-order chi connectivity index (χ1) is 9.16. The van der Waals surface area contributed by atoms with Gasteiger partial charge >= 0.3 is 0 Å². The number of ether oxygens (including phenoxy) is 1. The number of morpholine rings is 1. The lowest BCUT2D eigenvalue weighted by molar-refractivity contribution is 0.0383. The van der Waals surface area contributed by atoms with E-state index in [0.29, 0.717) is 26.3 Å². The fraction of sp³-hybridized carbons (Fsp3) is 0.462. The second-order valence-corrected chi connectivity index (χ2v) is 4.37. The van der Waals surface area contributed by atoms with E-state index in [0.717, 1.165) is 25.2 Å². The molecule has 1 aliphatic rings. The summed E-state index contributed by atoms with van der Waals surface area (Å²) in [7, 11) is 0. The maximum Gasteiger partial charge on any atom is 0.255 e. The molecule has 2 N–H and O–H groups in total. The molecule has 1 aromatic carbocycles. The van der Waals surface area contributed by atoms with Gasteiger partial charge in [0.05, 0.1) is 18.8 Å². The van der Waals surface area contributed by atoms with E-state index in [9.17, 15) is 14.3 Å².